The summed E-state index contributed by atoms with van der Waals surface area (Å²) >= 11 is 1.74. The molecule has 24 heavy (non-hydrogen) atoms. The first kappa shape index (κ1) is 17.6. The first-order chi connectivity index (χ1) is 11.6. The average Bonchev–Trinajstić information content (AvgIpc) is 3.03. The molecule has 1 aliphatic carbocycles. The molecule has 0 spiro atoms. The molecule has 1 N–H and O–H groups in total. The number of amides is 2. The van der Waals surface area contributed by atoms with Crippen LogP contribution in [0.5, 0.6) is 0 Å². The predicted molar refractivity (Wildman–Crippen MR) is 97.4 cm³/mol. The molecule has 2 aliphatic rings. The molecular formula is C18H30N4OS. The highest BCUT2D eigenvalue weighted by Crippen LogP contribution is 2.30. The van der Waals surface area contributed by atoms with Gasteiger partial charge < -0.3 is 10.2 Å². The SMILES string of the molecule is CC(C)Cc1nnc(C2CCCN(C(=O)NC3CCCCC3)C2)s1. The van der Waals surface area contributed by atoms with Gasteiger partial charge in [0, 0.05) is 31.5 Å². The van der Waals surface area contributed by atoms with Crippen molar-refractivity contribution in [1.29, 1.82) is 0 Å². The van der Waals surface area contributed by atoms with E-state index in [1.165, 1.54) is 19.3 Å². The zero-order valence-corrected chi connectivity index (χ0v) is 15.8. The molecule has 0 aromatic carbocycles. The van der Waals surface area contributed by atoms with Gasteiger partial charge in [-0.25, -0.2) is 4.79 Å². The van der Waals surface area contributed by atoms with Crippen LogP contribution in [-0.4, -0.2) is 40.3 Å². The minimum atomic E-state index is 0.124. The maximum Gasteiger partial charge on any atom is 0.317 e. The van der Waals surface area contributed by atoms with Crippen LogP contribution in [-0.2, 0) is 6.42 Å². The summed E-state index contributed by atoms with van der Waals surface area (Å²) in [5, 5.41) is 14.2. The van der Waals surface area contributed by atoms with E-state index in [1.54, 1.807) is 11.3 Å². The van der Waals surface area contributed by atoms with E-state index in [0.717, 1.165) is 55.2 Å². The quantitative estimate of drug-likeness (QED) is 0.894. The Morgan fingerprint density at radius 3 is 2.75 bits per heavy atom. The molecule has 1 unspecified atom stereocenters. The fourth-order valence-corrected chi connectivity index (χ4v) is 4.92. The predicted octanol–water partition coefficient (Wildman–Crippen LogP) is 3.96. The molecule has 0 bridgehead atoms. The van der Waals surface area contributed by atoms with Crippen molar-refractivity contribution in [1.82, 2.24) is 20.4 Å². The van der Waals surface area contributed by atoms with Gasteiger partial charge in [-0.3, -0.25) is 0 Å². The van der Waals surface area contributed by atoms with Gasteiger partial charge in [-0.1, -0.05) is 33.1 Å². The number of aromatic nitrogens is 2. The van der Waals surface area contributed by atoms with Gasteiger partial charge >= 0.3 is 6.03 Å². The molecule has 0 radical (unpaired) electrons. The van der Waals surface area contributed by atoms with Crippen LogP contribution in [0.15, 0.2) is 0 Å². The van der Waals surface area contributed by atoms with Gasteiger partial charge in [-0.15, -0.1) is 21.5 Å². The summed E-state index contributed by atoms with van der Waals surface area (Å²) in [4.78, 5) is 14.6. The lowest BCUT2D eigenvalue weighted by molar-refractivity contribution is 0.172. The number of nitrogens with one attached hydrogen (secondary N) is 1. The van der Waals surface area contributed by atoms with E-state index in [0.29, 0.717) is 17.9 Å². The number of piperidine rings is 1. The lowest BCUT2D eigenvalue weighted by Crippen LogP contribution is -2.48. The first-order valence-electron chi connectivity index (χ1n) is 9.49. The lowest BCUT2D eigenvalue weighted by atomic mass is 9.95. The highest BCUT2D eigenvalue weighted by molar-refractivity contribution is 7.11. The Morgan fingerprint density at radius 2 is 2.00 bits per heavy atom. The van der Waals surface area contributed by atoms with Gasteiger partial charge in [0.05, 0.1) is 0 Å². The maximum absolute atomic E-state index is 12.6. The van der Waals surface area contributed by atoms with E-state index in [-0.39, 0.29) is 6.03 Å². The number of rotatable bonds is 4. The minimum absolute atomic E-state index is 0.124. The van der Waals surface area contributed by atoms with Crippen LogP contribution in [0.4, 0.5) is 4.79 Å². The minimum Gasteiger partial charge on any atom is -0.335 e. The number of carbonyl (C=O) groups is 1. The summed E-state index contributed by atoms with van der Waals surface area (Å²) in [5.41, 5.74) is 0. The summed E-state index contributed by atoms with van der Waals surface area (Å²) in [6, 6.07) is 0.504. The van der Waals surface area contributed by atoms with E-state index in [1.807, 2.05) is 4.90 Å². The summed E-state index contributed by atoms with van der Waals surface area (Å²) in [7, 11) is 0. The molecule has 1 aromatic heterocycles. The number of hydrogen-bond acceptors (Lipinski definition) is 4. The van der Waals surface area contributed by atoms with Crippen LogP contribution in [0.1, 0.15) is 74.7 Å². The van der Waals surface area contributed by atoms with E-state index in [9.17, 15) is 4.79 Å². The van der Waals surface area contributed by atoms with Gasteiger partial charge in [0.25, 0.3) is 0 Å². The van der Waals surface area contributed by atoms with E-state index < -0.39 is 0 Å². The Balaban J connectivity index is 1.55. The Kier molecular flexibility index (Phi) is 6.09. The molecule has 134 valence electrons. The third kappa shape index (κ3) is 4.68. The summed E-state index contributed by atoms with van der Waals surface area (Å²) < 4.78 is 0. The van der Waals surface area contributed by atoms with Crippen molar-refractivity contribution in [3.8, 4) is 0 Å². The Hall–Kier alpha value is -1.17. The number of nitrogens with zero attached hydrogens (tertiary/aromatic N) is 3. The van der Waals surface area contributed by atoms with Crippen LogP contribution >= 0.6 is 11.3 Å². The topological polar surface area (TPSA) is 58.1 Å². The Labute approximate surface area is 149 Å². The number of hydrogen-bond donors (Lipinski definition) is 1. The van der Waals surface area contributed by atoms with Crippen LogP contribution in [0.25, 0.3) is 0 Å². The molecule has 2 heterocycles. The zero-order valence-electron chi connectivity index (χ0n) is 15.0. The van der Waals surface area contributed by atoms with Crippen molar-refractivity contribution in [2.24, 2.45) is 5.92 Å². The van der Waals surface area contributed by atoms with E-state index >= 15 is 0 Å². The van der Waals surface area contributed by atoms with E-state index in [2.05, 4.69) is 29.4 Å². The van der Waals surface area contributed by atoms with Gasteiger partial charge in [0.1, 0.15) is 10.0 Å². The van der Waals surface area contributed by atoms with Crippen LogP contribution in [0.2, 0.25) is 0 Å². The molecule has 2 amide bonds. The molecule has 2 fully saturated rings. The van der Waals surface area contributed by atoms with Crippen LogP contribution in [0.3, 0.4) is 0 Å². The molecule has 1 saturated carbocycles. The lowest BCUT2D eigenvalue weighted by Gasteiger charge is -2.33. The van der Waals surface area contributed by atoms with Crippen LogP contribution in [0, 0.1) is 5.92 Å². The second-order valence-corrected chi connectivity index (χ2v) is 8.80. The van der Waals surface area contributed by atoms with Crippen molar-refractivity contribution in [3.05, 3.63) is 10.0 Å². The Morgan fingerprint density at radius 1 is 1.21 bits per heavy atom. The van der Waals surface area contributed by atoms with Gasteiger partial charge in [0.2, 0.25) is 0 Å². The summed E-state index contributed by atoms with van der Waals surface area (Å²) in [6.45, 7) is 6.07. The summed E-state index contributed by atoms with van der Waals surface area (Å²) in [6.07, 6.45) is 9.25. The van der Waals surface area contributed by atoms with Crippen molar-refractivity contribution in [3.63, 3.8) is 0 Å². The average molecular weight is 351 g/mol. The Bertz CT molecular complexity index is 539. The van der Waals surface area contributed by atoms with Crippen molar-refractivity contribution >= 4 is 17.4 Å². The molecular weight excluding hydrogens is 320 g/mol. The summed E-state index contributed by atoms with van der Waals surface area (Å²) in [5.74, 6) is 0.962. The number of carbonyl (C=O) groups excluding carboxylic acids is 1. The van der Waals surface area contributed by atoms with Gasteiger partial charge in [-0.05, 0) is 31.6 Å². The van der Waals surface area contributed by atoms with Gasteiger partial charge in [0.15, 0.2) is 0 Å². The molecule has 1 aliphatic heterocycles. The first-order valence-corrected chi connectivity index (χ1v) is 10.3. The number of urea groups is 1. The molecule has 6 heteroatoms. The largest absolute Gasteiger partial charge is 0.335 e. The third-order valence-corrected chi connectivity index (χ3v) is 6.16. The van der Waals surface area contributed by atoms with Crippen molar-refractivity contribution in [2.45, 2.75) is 77.2 Å². The number of likely N-dealkylation sites (tertiary alicyclic amines) is 1. The highest BCUT2D eigenvalue weighted by atomic mass is 32.1. The zero-order chi connectivity index (χ0) is 16.9. The van der Waals surface area contributed by atoms with Crippen LogP contribution < -0.4 is 5.32 Å². The molecule has 1 atom stereocenters. The monoisotopic (exact) mass is 350 g/mol. The second-order valence-electron chi connectivity index (χ2n) is 7.70. The van der Waals surface area contributed by atoms with Crippen molar-refractivity contribution < 1.29 is 4.79 Å². The standard InChI is InChI=1S/C18H30N4OS/c1-13(2)11-16-20-21-17(24-16)14-7-6-10-22(12-14)18(23)19-15-8-4-3-5-9-15/h13-15H,3-12H2,1-2H3,(H,19,23). The molecule has 5 nitrogen and oxygen atoms in total. The fraction of sp³-hybridized carbons (Fsp3) is 0.833. The van der Waals surface area contributed by atoms with E-state index in [4.69, 9.17) is 0 Å². The van der Waals surface area contributed by atoms with Gasteiger partial charge in [-0.2, -0.15) is 0 Å². The molecule has 1 saturated heterocycles. The van der Waals surface area contributed by atoms with Crippen molar-refractivity contribution in [2.75, 3.05) is 13.1 Å². The maximum atomic E-state index is 12.6. The fourth-order valence-electron chi connectivity index (χ4n) is 3.74. The molecule has 1 aromatic rings. The smallest absolute Gasteiger partial charge is 0.317 e. The normalized spacial score (nSPS) is 22.8. The highest BCUT2D eigenvalue weighted by Gasteiger charge is 2.28. The molecule has 3 rings (SSSR count). The second kappa shape index (κ2) is 8.28. The third-order valence-electron chi connectivity index (χ3n) is 5.06.